The van der Waals surface area contributed by atoms with Gasteiger partial charge in [-0.2, -0.15) is 0 Å². The van der Waals surface area contributed by atoms with Crippen LogP contribution in [0, 0.1) is 0 Å². The van der Waals surface area contributed by atoms with Gasteiger partial charge in [-0.1, -0.05) is 0 Å². The Labute approximate surface area is 77.0 Å². The molecule has 0 aromatic carbocycles. The molecule has 4 unspecified atom stereocenters. The topological polar surface area (TPSA) is 98.6 Å². The van der Waals surface area contributed by atoms with Crippen molar-refractivity contribution >= 4 is 5.97 Å². The van der Waals surface area contributed by atoms with Gasteiger partial charge in [-0.05, 0) is 6.42 Å². The molecular weight excluding hydrogens is 172 g/mol. The van der Waals surface area contributed by atoms with Crippen LogP contribution in [0.3, 0.4) is 0 Å². The average molecular weight is 188 g/mol. The Kier molecular flexibility index (Phi) is 3.24. The molecule has 13 heavy (non-hydrogen) atoms. The highest BCUT2D eigenvalue weighted by Crippen LogP contribution is 2.19. The van der Waals surface area contributed by atoms with E-state index in [1.165, 1.54) is 6.92 Å². The van der Waals surface area contributed by atoms with Gasteiger partial charge in [-0.25, -0.2) is 0 Å². The van der Waals surface area contributed by atoms with Crippen LogP contribution in [0.4, 0.5) is 0 Å². The Morgan fingerprint density at radius 3 is 2.54 bits per heavy atom. The van der Waals surface area contributed by atoms with Crippen LogP contribution >= 0.6 is 0 Å². The van der Waals surface area contributed by atoms with E-state index >= 15 is 0 Å². The van der Waals surface area contributed by atoms with E-state index in [1.807, 2.05) is 0 Å². The summed E-state index contributed by atoms with van der Waals surface area (Å²) < 4.78 is 4.94. The Morgan fingerprint density at radius 2 is 2.00 bits per heavy atom. The molecule has 76 valence electrons. The Morgan fingerprint density at radius 1 is 1.38 bits per heavy atom. The van der Waals surface area contributed by atoms with E-state index in [-0.39, 0.29) is 18.1 Å². The SMILES string of the molecule is CC(=O)OC1CC(O)C(N)CC1N. The molecule has 0 aromatic heterocycles. The van der Waals surface area contributed by atoms with Crippen molar-refractivity contribution in [2.45, 2.75) is 44.1 Å². The lowest BCUT2D eigenvalue weighted by molar-refractivity contribution is -0.150. The molecule has 5 N–H and O–H groups in total. The summed E-state index contributed by atoms with van der Waals surface area (Å²) in [5, 5.41) is 9.41. The van der Waals surface area contributed by atoms with Crippen LogP contribution in [0.1, 0.15) is 19.8 Å². The Bertz CT molecular complexity index is 198. The third-order valence-electron chi connectivity index (χ3n) is 2.31. The summed E-state index contributed by atoms with van der Waals surface area (Å²) in [6, 6.07) is -0.566. The third kappa shape index (κ3) is 2.65. The summed E-state index contributed by atoms with van der Waals surface area (Å²) in [6.45, 7) is 1.33. The van der Waals surface area contributed by atoms with E-state index in [1.54, 1.807) is 0 Å². The first-order chi connectivity index (χ1) is 6.00. The van der Waals surface area contributed by atoms with Gasteiger partial charge in [0, 0.05) is 25.4 Å². The summed E-state index contributed by atoms with van der Waals surface area (Å²) in [7, 11) is 0. The van der Waals surface area contributed by atoms with Crippen LogP contribution < -0.4 is 11.5 Å². The predicted molar refractivity (Wildman–Crippen MR) is 46.7 cm³/mol. The predicted octanol–water partition coefficient (Wildman–Crippen LogP) is -1.27. The van der Waals surface area contributed by atoms with E-state index in [0.717, 1.165) is 0 Å². The molecule has 0 saturated heterocycles. The van der Waals surface area contributed by atoms with Crippen molar-refractivity contribution in [3.8, 4) is 0 Å². The van der Waals surface area contributed by atoms with Gasteiger partial charge in [-0.15, -0.1) is 0 Å². The maximum atomic E-state index is 10.7. The zero-order chi connectivity index (χ0) is 10.0. The monoisotopic (exact) mass is 188 g/mol. The second-order valence-corrected chi connectivity index (χ2v) is 3.51. The molecule has 1 aliphatic rings. The van der Waals surface area contributed by atoms with Crippen LogP contribution in [-0.2, 0) is 9.53 Å². The van der Waals surface area contributed by atoms with Crippen LogP contribution in [0.25, 0.3) is 0 Å². The molecule has 1 rings (SSSR count). The minimum Gasteiger partial charge on any atom is -0.461 e. The molecule has 0 aromatic rings. The highest BCUT2D eigenvalue weighted by atomic mass is 16.5. The highest BCUT2D eigenvalue weighted by Gasteiger charge is 2.34. The second kappa shape index (κ2) is 4.04. The van der Waals surface area contributed by atoms with Gasteiger partial charge in [0.1, 0.15) is 6.10 Å². The molecule has 1 aliphatic carbocycles. The van der Waals surface area contributed by atoms with Crippen molar-refractivity contribution < 1.29 is 14.6 Å². The molecule has 0 amide bonds. The van der Waals surface area contributed by atoms with Gasteiger partial charge in [0.05, 0.1) is 6.10 Å². The molecule has 0 heterocycles. The third-order valence-corrected chi connectivity index (χ3v) is 2.31. The van der Waals surface area contributed by atoms with Crippen LogP contribution in [-0.4, -0.2) is 35.4 Å². The number of nitrogens with two attached hydrogens (primary N) is 2. The largest absolute Gasteiger partial charge is 0.461 e. The first-order valence-corrected chi connectivity index (χ1v) is 4.37. The van der Waals surface area contributed by atoms with Crippen LogP contribution in [0.15, 0.2) is 0 Å². The quantitative estimate of drug-likeness (QED) is 0.445. The van der Waals surface area contributed by atoms with Crippen LogP contribution in [0.2, 0.25) is 0 Å². The van der Waals surface area contributed by atoms with Gasteiger partial charge in [-0.3, -0.25) is 4.79 Å². The molecule has 4 atom stereocenters. The van der Waals surface area contributed by atoms with E-state index in [2.05, 4.69) is 0 Å². The number of hydrogen-bond donors (Lipinski definition) is 3. The van der Waals surface area contributed by atoms with Crippen molar-refractivity contribution in [1.29, 1.82) is 0 Å². The van der Waals surface area contributed by atoms with E-state index in [0.29, 0.717) is 12.8 Å². The van der Waals surface area contributed by atoms with Crippen molar-refractivity contribution in [1.82, 2.24) is 0 Å². The molecule has 0 aliphatic heterocycles. The van der Waals surface area contributed by atoms with Gasteiger partial charge in [0.25, 0.3) is 0 Å². The van der Waals surface area contributed by atoms with Gasteiger partial charge < -0.3 is 21.3 Å². The number of rotatable bonds is 1. The van der Waals surface area contributed by atoms with Gasteiger partial charge in [0.2, 0.25) is 0 Å². The van der Waals surface area contributed by atoms with Crippen molar-refractivity contribution in [3.63, 3.8) is 0 Å². The maximum absolute atomic E-state index is 10.7. The minimum atomic E-state index is -0.621. The lowest BCUT2D eigenvalue weighted by Gasteiger charge is -2.34. The van der Waals surface area contributed by atoms with Gasteiger partial charge >= 0.3 is 5.97 Å². The van der Waals surface area contributed by atoms with E-state index in [9.17, 15) is 9.90 Å². The van der Waals surface area contributed by atoms with Crippen molar-refractivity contribution in [2.75, 3.05) is 0 Å². The van der Waals surface area contributed by atoms with Gasteiger partial charge in [0.15, 0.2) is 0 Å². The highest BCUT2D eigenvalue weighted by molar-refractivity contribution is 5.66. The first-order valence-electron chi connectivity index (χ1n) is 4.37. The molecule has 0 bridgehead atoms. The fourth-order valence-corrected chi connectivity index (χ4v) is 1.56. The number of hydrogen-bond acceptors (Lipinski definition) is 5. The fourth-order valence-electron chi connectivity index (χ4n) is 1.56. The number of carbonyl (C=O) groups is 1. The van der Waals surface area contributed by atoms with E-state index < -0.39 is 12.2 Å². The summed E-state index contributed by atoms with van der Waals surface area (Å²) in [5.74, 6) is -0.372. The summed E-state index contributed by atoms with van der Waals surface area (Å²) >= 11 is 0. The molecule has 0 spiro atoms. The molecule has 5 nitrogen and oxygen atoms in total. The normalized spacial score (nSPS) is 40.0. The molecule has 5 heteroatoms. The van der Waals surface area contributed by atoms with Crippen molar-refractivity contribution in [2.24, 2.45) is 11.5 Å². The fraction of sp³-hybridized carbons (Fsp3) is 0.875. The minimum absolute atomic E-state index is 0.262. The number of esters is 1. The number of aliphatic hydroxyl groups excluding tert-OH is 1. The summed E-state index contributed by atoms with van der Waals surface area (Å²) in [6.07, 6.45) is -0.197. The summed E-state index contributed by atoms with van der Waals surface area (Å²) in [5.41, 5.74) is 11.3. The summed E-state index contributed by atoms with van der Waals surface area (Å²) in [4.78, 5) is 10.7. The zero-order valence-corrected chi connectivity index (χ0v) is 7.64. The maximum Gasteiger partial charge on any atom is 0.302 e. The Hall–Kier alpha value is -0.650. The van der Waals surface area contributed by atoms with E-state index in [4.69, 9.17) is 16.2 Å². The number of aliphatic hydroxyl groups is 1. The average Bonchev–Trinajstić information content (AvgIpc) is 1.99. The molecular formula is C8H16N2O3. The number of ether oxygens (including phenoxy) is 1. The standard InChI is InChI=1S/C8H16N2O3/c1-4(11)13-8-3-7(12)5(9)2-6(8)10/h5-8,12H,2-3,9-10H2,1H3. The lowest BCUT2D eigenvalue weighted by Crippen LogP contribution is -2.53. The Balaban J connectivity index is 2.51. The van der Waals surface area contributed by atoms with Crippen LogP contribution in [0.5, 0.6) is 0 Å². The van der Waals surface area contributed by atoms with Crippen molar-refractivity contribution in [3.05, 3.63) is 0 Å². The lowest BCUT2D eigenvalue weighted by atomic mass is 9.87. The number of carbonyl (C=O) groups excluding carboxylic acids is 1. The zero-order valence-electron chi connectivity index (χ0n) is 7.64. The molecule has 1 saturated carbocycles. The first kappa shape index (κ1) is 10.4. The molecule has 1 fully saturated rings. The second-order valence-electron chi connectivity index (χ2n) is 3.51. The molecule has 0 radical (unpaired) electrons. The smallest absolute Gasteiger partial charge is 0.302 e.